The van der Waals surface area contributed by atoms with E-state index in [1.807, 2.05) is 26.8 Å². The van der Waals surface area contributed by atoms with Crippen molar-refractivity contribution in [1.82, 2.24) is 0 Å². The van der Waals surface area contributed by atoms with Gasteiger partial charge in [0, 0.05) is 10.8 Å². The average molecular weight is 517 g/mol. The van der Waals surface area contributed by atoms with E-state index in [0.717, 1.165) is 5.57 Å². The molecule has 0 aromatic rings. The summed E-state index contributed by atoms with van der Waals surface area (Å²) in [5.74, 6) is -2.12. The van der Waals surface area contributed by atoms with Gasteiger partial charge in [0.15, 0.2) is 11.6 Å². The Morgan fingerprint density at radius 2 is 1.85 bits per heavy atom. The van der Waals surface area contributed by atoms with Crippen LogP contribution in [0.5, 0.6) is 0 Å². The molecule has 4 aliphatic carbocycles. The van der Waals surface area contributed by atoms with Gasteiger partial charge in [0.05, 0.1) is 11.0 Å². The Labute approximate surface area is 209 Å². The number of fused-ring (bicyclic) bond motifs is 5. The first-order chi connectivity index (χ1) is 15.6. The van der Waals surface area contributed by atoms with Crippen molar-refractivity contribution in [1.29, 1.82) is 0 Å². The summed E-state index contributed by atoms with van der Waals surface area (Å²) in [7, 11) is 0. The summed E-state index contributed by atoms with van der Waals surface area (Å²) in [4.78, 5) is 33.1. The van der Waals surface area contributed by atoms with Gasteiger partial charge < -0.3 is 20.4 Å². The second kappa shape index (κ2) is 9.00. The van der Waals surface area contributed by atoms with Crippen molar-refractivity contribution >= 4 is 40.7 Å². The van der Waals surface area contributed by atoms with E-state index in [9.17, 15) is 29.7 Å². The minimum Gasteiger partial charge on any atom is -0.480 e. The van der Waals surface area contributed by atoms with Gasteiger partial charge in [0.1, 0.15) is 17.6 Å². The van der Waals surface area contributed by atoms with Crippen molar-refractivity contribution < 1.29 is 34.8 Å². The van der Waals surface area contributed by atoms with Crippen molar-refractivity contribution in [3.05, 3.63) is 23.8 Å². The number of aliphatic hydroxyl groups is 3. The van der Waals surface area contributed by atoms with Crippen LogP contribution in [0.2, 0.25) is 0 Å². The standard InChI is InChI=1S/C22H29ClO5.C3H5ClO2/c1-12-8-16-15-5-4-13-9-14(25)6-7-19(13,2)21(15,23)17(26)10-20(16,3)22(12,28)18(27)11-24;1-2(4)3(5)6/h6-7,9,12,15-17,24,26,28H,4-5,8,10-11H2,1-3H3;2H,1H3,(H,5,6)/t12-,15-,16-,17-,19-,20-,21-,22-;/m0./s1. The Hall–Kier alpha value is -1.25. The van der Waals surface area contributed by atoms with Crippen LogP contribution >= 0.6 is 23.2 Å². The number of aliphatic hydroxyl groups excluding tert-OH is 2. The van der Waals surface area contributed by atoms with Gasteiger partial charge in [-0.1, -0.05) is 32.4 Å². The van der Waals surface area contributed by atoms with Gasteiger partial charge in [0.2, 0.25) is 0 Å². The molecule has 0 spiro atoms. The molecule has 190 valence electrons. The number of Topliss-reactive ketones (excluding diaryl/α,β-unsaturated/α-hetero) is 1. The molecule has 4 aliphatic rings. The monoisotopic (exact) mass is 516 g/mol. The smallest absolute Gasteiger partial charge is 0.321 e. The molecule has 0 bridgehead atoms. The Morgan fingerprint density at radius 1 is 1.26 bits per heavy atom. The number of alkyl halides is 2. The third kappa shape index (κ3) is 3.62. The van der Waals surface area contributed by atoms with E-state index in [4.69, 9.17) is 28.3 Å². The minimum atomic E-state index is -1.68. The number of allylic oxidation sites excluding steroid dienone is 4. The highest BCUT2D eigenvalue weighted by Gasteiger charge is 2.74. The zero-order chi connectivity index (χ0) is 25.9. The van der Waals surface area contributed by atoms with Crippen LogP contribution in [0.1, 0.15) is 53.4 Å². The highest BCUT2D eigenvalue weighted by molar-refractivity contribution is 6.29. The number of carboxylic acids is 1. The Kier molecular flexibility index (Phi) is 7.24. The molecule has 7 nitrogen and oxygen atoms in total. The number of hydrogen-bond donors (Lipinski definition) is 4. The van der Waals surface area contributed by atoms with Crippen LogP contribution in [0.25, 0.3) is 0 Å². The van der Waals surface area contributed by atoms with E-state index >= 15 is 0 Å². The Balaban J connectivity index is 0.000000481. The van der Waals surface area contributed by atoms with E-state index in [2.05, 4.69) is 0 Å². The molecule has 0 aromatic carbocycles. The molecule has 3 saturated carbocycles. The molecule has 4 N–H and O–H groups in total. The summed E-state index contributed by atoms with van der Waals surface area (Å²) in [6.07, 6.45) is 6.22. The third-order valence-corrected chi connectivity index (χ3v) is 10.2. The lowest BCUT2D eigenvalue weighted by molar-refractivity contribution is -0.179. The lowest BCUT2D eigenvalue weighted by Crippen LogP contribution is -2.69. The first-order valence-corrected chi connectivity index (χ1v) is 12.5. The zero-order valence-corrected chi connectivity index (χ0v) is 21.4. The van der Waals surface area contributed by atoms with Gasteiger partial charge in [-0.05, 0) is 62.5 Å². The zero-order valence-electron chi connectivity index (χ0n) is 19.9. The molecule has 9 heteroatoms. The first kappa shape index (κ1) is 27.3. The largest absolute Gasteiger partial charge is 0.480 e. The molecule has 9 atom stereocenters. The molecule has 0 heterocycles. The van der Waals surface area contributed by atoms with Crippen molar-refractivity contribution in [3.8, 4) is 0 Å². The molecular formula is C25H34Cl2O7. The summed E-state index contributed by atoms with van der Waals surface area (Å²) >= 11 is 12.3. The van der Waals surface area contributed by atoms with Gasteiger partial charge in [-0.25, -0.2) is 0 Å². The number of ketones is 2. The SMILES string of the molecule is CC(Cl)C(=O)O.C[C@H]1C[C@H]2[C@@H]3CCC4=CC(=O)C=C[C@]4(C)[C@@]3(Cl)[C@@H](O)C[C@]2(C)[C@@]1(O)C(=O)CO. The summed E-state index contributed by atoms with van der Waals surface area (Å²) in [5, 5.41) is 39.4. The third-order valence-electron chi connectivity index (χ3n) is 9.13. The van der Waals surface area contributed by atoms with Crippen molar-refractivity contribution in [2.75, 3.05) is 6.61 Å². The number of carbonyl (C=O) groups excluding carboxylic acids is 2. The van der Waals surface area contributed by atoms with Crippen molar-refractivity contribution in [3.63, 3.8) is 0 Å². The molecule has 34 heavy (non-hydrogen) atoms. The fraction of sp³-hybridized carbons (Fsp3) is 0.720. The van der Waals surface area contributed by atoms with Gasteiger partial charge in [-0.3, -0.25) is 14.4 Å². The predicted molar refractivity (Wildman–Crippen MR) is 128 cm³/mol. The number of hydrogen-bond acceptors (Lipinski definition) is 6. The number of rotatable bonds is 3. The van der Waals surface area contributed by atoms with Gasteiger partial charge in [-0.2, -0.15) is 0 Å². The molecular weight excluding hydrogens is 483 g/mol. The van der Waals surface area contributed by atoms with Crippen LogP contribution < -0.4 is 0 Å². The van der Waals surface area contributed by atoms with Crippen LogP contribution in [0.3, 0.4) is 0 Å². The quantitative estimate of drug-likeness (QED) is 0.424. The topological polar surface area (TPSA) is 132 Å². The van der Waals surface area contributed by atoms with Crippen LogP contribution in [-0.2, 0) is 14.4 Å². The lowest BCUT2D eigenvalue weighted by Gasteiger charge is -2.63. The molecule has 0 radical (unpaired) electrons. The van der Waals surface area contributed by atoms with E-state index in [1.165, 1.54) is 13.0 Å². The van der Waals surface area contributed by atoms with Gasteiger partial charge in [0.25, 0.3) is 0 Å². The van der Waals surface area contributed by atoms with Crippen LogP contribution in [0.4, 0.5) is 0 Å². The summed E-state index contributed by atoms with van der Waals surface area (Å²) in [6.45, 7) is 6.38. The maximum Gasteiger partial charge on any atom is 0.321 e. The average Bonchev–Trinajstić information content (AvgIpc) is 2.96. The Bertz CT molecular complexity index is 946. The second-order valence-corrected chi connectivity index (χ2v) is 12.0. The Morgan fingerprint density at radius 3 is 2.38 bits per heavy atom. The normalized spacial score (nSPS) is 45.7. The second-order valence-electron chi connectivity index (χ2n) is 10.7. The van der Waals surface area contributed by atoms with E-state index in [1.54, 1.807) is 6.08 Å². The molecule has 3 fully saturated rings. The highest BCUT2D eigenvalue weighted by atomic mass is 35.5. The molecule has 0 amide bonds. The predicted octanol–water partition coefficient (Wildman–Crippen LogP) is 2.86. The summed E-state index contributed by atoms with van der Waals surface area (Å²) in [6, 6.07) is 0. The van der Waals surface area contributed by atoms with Crippen LogP contribution in [-0.4, -0.2) is 66.5 Å². The fourth-order valence-corrected chi connectivity index (χ4v) is 7.78. The number of carboxylic acid groups (broad SMARTS) is 1. The van der Waals surface area contributed by atoms with Crippen LogP contribution in [0, 0.1) is 28.6 Å². The van der Waals surface area contributed by atoms with Gasteiger partial charge in [-0.15, -0.1) is 23.2 Å². The molecule has 0 saturated heterocycles. The van der Waals surface area contributed by atoms with Gasteiger partial charge >= 0.3 is 5.97 Å². The van der Waals surface area contributed by atoms with Crippen molar-refractivity contribution in [2.24, 2.45) is 28.6 Å². The molecule has 0 aliphatic heterocycles. The molecule has 1 unspecified atom stereocenters. The van der Waals surface area contributed by atoms with E-state index in [-0.39, 0.29) is 30.0 Å². The minimum absolute atomic E-state index is 0.0567. The number of halogens is 2. The summed E-state index contributed by atoms with van der Waals surface area (Å²) < 4.78 is 0. The first-order valence-electron chi connectivity index (χ1n) is 11.7. The summed E-state index contributed by atoms with van der Waals surface area (Å²) in [5.41, 5.74) is -2.25. The maximum absolute atomic E-state index is 12.6. The maximum atomic E-state index is 12.6. The lowest BCUT2D eigenvalue weighted by atomic mass is 9.45. The fourth-order valence-electron chi connectivity index (χ4n) is 7.26. The van der Waals surface area contributed by atoms with Crippen molar-refractivity contribution in [2.45, 2.75) is 75.3 Å². The van der Waals surface area contributed by atoms with E-state index < -0.39 is 51.1 Å². The number of carbonyl (C=O) groups is 3. The molecule has 4 rings (SSSR count). The van der Waals surface area contributed by atoms with E-state index in [0.29, 0.717) is 19.3 Å². The van der Waals surface area contributed by atoms with Crippen LogP contribution in [0.15, 0.2) is 23.8 Å². The highest BCUT2D eigenvalue weighted by Crippen LogP contribution is 2.71. The molecule has 0 aromatic heterocycles. The number of aliphatic carboxylic acids is 1.